The monoisotopic (exact) mass is 1140 g/mol. The number of rotatable bonds is 63. The molecule has 2 unspecified atom stereocenters. The van der Waals surface area contributed by atoms with Gasteiger partial charge in [0, 0.05) is 12.8 Å². The van der Waals surface area contributed by atoms with Gasteiger partial charge < -0.3 is 33.3 Å². The maximum absolute atomic E-state index is 12.9. The summed E-state index contributed by atoms with van der Waals surface area (Å²) in [7, 11) is 5.92. The average Bonchev–Trinajstić information content (AvgIpc) is 3.44. The molecular formula is C72H129NO8. The SMILES string of the molecule is CC/C=C\C/C=C\C/C=C\C/C=C\C/C=C\CCCCCCCC(=O)OC(COC(=O)CCCCCCCCCCCCCCCCCCCCCCCCC/C=C\CCCCCCCCCC)COC(OCC[N+](C)(C)C)C(=O)[O-]. The van der Waals surface area contributed by atoms with Crippen molar-refractivity contribution < 1.29 is 42.9 Å². The van der Waals surface area contributed by atoms with Crippen molar-refractivity contribution >= 4 is 17.9 Å². The molecule has 0 bridgehead atoms. The zero-order valence-corrected chi connectivity index (χ0v) is 53.7. The molecule has 0 saturated carbocycles. The Morgan fingerprint density at radius 3 is 1.06 bits per heavy atom. The van der Waals surface area contributed by atoms with Gasteiger partial charge in [-0.25, -0.2) is 0 Å². The number of carbonyl (C=O) groups excluding carboxylic acids is 3. The van der Waals surface area contributed by atoms with Gasteiger partial charge in [-0.2, -0.15) is 0 Å². The Morgan fingerprint density at radius 1 is 0.383 bits per heavy atom. The highest BCUT2D eigenvalue weighted by molar-refractivity contribution is 5.70. The molecule has 9 heteroatoms. The first kappa shape index (κ1) is 77.7. The molecule has 0 amide bonds. The average molecular weight is 1140 g/mol. The lowest BCUT2D eigenvalue weighted by Gasteiger charge is -2.26. The van der Waals surface area contributed by atoms with Crippen LogP contribution in [0.15, 0.2) is 72.9 Å². The first-order chi connectivity index (χ1) is 39.6. The summed E-state index contributed by atoms with van der Waals surface area (Å²) < 4.78 is 22.7. The predicted molar refractivity (Wildman–Crippen MR) is 343 cm³/mol. The highest BCUT2D eigenvalue weighted by Gasteiger charge is 2.22. The summed E-state index contributed by atoms with van der Waals surface area (Å²) in [6.45, 7) is 4.64. The number of quaternary nitrogens is 1. The second-order valence-electron chi connectivity index (χ2n) is 24.1. The summed E-state index contributed by atoms with van der Waals surface area (Å²) in [5, 5.41) is 11.8. The number of unbranched alkanes of at least 4 members (excludes halogenated alkanes) is 36. The molecule has 0 rings (SSSR count). The number of hydrogen-bond donors (Lipinski definition) is 0. The van der Waals surface area contributed by atoms with Gasteiger partial charge in [0.05, 0.1) is 40.3 Å². The van der Waals surface area contributed by atoms with Gasteiger partial charge in [-0.05, 0) is 83.5 Å². The fraction of sp³-hybridized carbons (Fsp3) is 0.792. The second kappa shape index (κ2) is 62.8. The fourth-order valence-electron chi connectivity index (χ4n) is 9.74. The van der Waals surface area contributed by atoms with Crippen LogP contribution < -0.4 is 5.11 Å². The maximum Gasteiger partial charge on any atom is 0.306 e. The van der Waals surface area contributed by atoms with Crippen LogP contribution in [-0.2, 0) is 33.3 Å². The number of ether oxygens (including phenoxy) is 4. The van der Waals surface area contributed by atoms with Crippen molar-refractivity contribution in [3.05, 3.63) is 72.9 Å². The lowest BCUT2D eigenvalue weighted by atomic mass is 10.0. The molecule has 0 spiro atoms. The highest BCUT2D eigenvalue weighted by Crippen LogP contribution is 2.18. The molecule has 0 aliphatic heterocycles. The Morgan fingerprint density at radius 2 is 0.704 bits per heavy atom. The van der Waals surface area contributed by atoms with E-state index in [0.29, 0.717) is 17.4 Å². The van der Waals surface area contributed by atoms with Crippen LogP contribution in [0.5, 0.6) is 0 Å². The zero-order chi connectivity index (χ0) is 59.1. The summed E-state index contributed by atoms with van der Waals surface area (Å²) in [6.07, 6.45) is 79.9. The molecule has 2 atom stereocenters. The van der Waals surface area contributed by atoms with E-state index >= 15 is 0 Å². The maximum atomic E-state index is 12.9. The number of carboxylic acid groups (broad SMARTS) is 1. The fourth-order valence-corrected chi connectivity index (χ4v) is 9.74. The Labute approximate surface area is 500 Å². The van der Waals surface area contributed by atoms with Crippen molar-refractivity contribution in [2.45, 2.75) is 322 Å². The van der Waals surface area contributed by atoms with E-state index in [4.69, 9.17) is 18.9 Å². The van der Waals surface area contributed by atoms with E-state index in [-0.39, 0.29) is 38.6 Å². The standard InChI is InChI=1S/C72H129NO8/c1-6-8-10-12-14-16-18-20-22-24-26-28-29-30-31-32-33-34-35-36-37-38-39-40-41-43-44-46-48-50-52-54-56-58-60-62-69(74)79-66-68(67-80-72(71(76)77)78-65-64-73(3,4)5)81-70(75)63-61-59-57-55-53-51-49-47-45-42-27-25-23-21-19-17-15-13-11-9-7-2/h9,11,15,17,21,23-24,26-27,42,47,49,68,72H,6-8,10,12-14,16,18-20,22,25,28-41,43-46,48,50-67H2,1-5H3/b11-9-,17-15-,23-21-,26-24-,42-27-,49-47-. The first-order valence-electron chi connectivity index (χ1n) is 34.1. The van der Waals surface area contributed by atoms with Crippen LogP contribution in [0.1, 0.15) is 309 Å². The molecule has 470 valence electrons. The molecule has 0 N–H and O–H groups in total. The van der Waals surface area contributed by atoms with Crippen LogP contribution in [0.4, 0.5) is 0 Å². The molecule has 9 nitrogen and oxygen atoms in total. The Bertz CT molecular complexity index is 1560. The molecule has 81 heavy (non-hydrogen) atoms. The van der Waals surface area contributed by atoms with Crippen molar-refractivity contribution in [3.8, 4) is 0 Å². The lowest BCUT2D eigenvalue weighted by Crippen LogP contribution is -2.44. The Hall–Kier alpha value is -3.27. The van der Waals surface area contributed by atoms with Crippen LogP contribution in [0.2, 0.25) is 0 Å². The van der Waals surface area contributed by atoms with Crippen molar-refractivity contribution in [3.63, 3.8) is 0 Å². The van der Waals surface area contributed by atoms with E-state index in [1.807, 2.05) is 21.1 Å². The summed E-state index contributed by atoms with van der Waals surface area (Å²) in [5.74, 6) is -2.30. The molecule has 0 fully saturated rings. The van der Waals surface area contributed by atoms with Crippen LogP contribution in [0, 0.1) is 0 Å². The summed E-state index contributed by atoms with van der Waals surface area (Å²) >= 11 is 0. The number of nitrogens with zero attached hydrogens (tertiary/aromatic N) is 1. The second-order valence-corrected chi connectivity index (χ2v) is 24.1. The molecular weight excluding hydrogens is 1010 g/mol. The highest BCUT2D eigenvalue weighted by atomic mass is 16.7. The molecule has 0 saturated heterocycles. The molecule has 0 heterocycles. The summed E-state index contributed by atoms with van der Waals surface area (Å²) in [6, 6.07) is 0. The number of aliphatic carboxylic acids is 1. The summed E-state index contributed by atoms with van der Waals surface area (Å²) in [4.78, 5) is 37.4. The Kier molecular flexibility index (Phi) is 60.2. The van der Waals surface area contributed by atoms with Crippen molar-refractivity contribution in [2.24, 2.45) is 0 Å². The smallest absolute Gasteiger partial charge is 0.306 e. The molecule has 0 aliphatic carbocycles. The summed E-state index contributed by atoms with van der Waals surface area (Å²) in [5.41, 5.74) is 0. The van der Waals surface area contributed by atoms with Gasteiger partial charge >= 0.3 is 11.9 Å². The quantitative estimate of drug-likeness (QED) is 0.0195. The lowest BCUT2D eigenvalue weighted by molar-refractivity contribution is -0.870. The van der Waals surface area contributed by atoms with Crippen LogP contribution in [0.3, 0.4) is 0 Å². The Balaban J connectivity index is 4.06. The molecule has 0 aromatic rings. The van der Waals surface area contributed by atoms with E-state index in [2.05, 4.69) is 86.8 Å². The van der Waals surface area contributed by atoms with Crippen LogP contribution in [-0.4, -0.2) is 82.3 Å². The number of hydrogen-bond acceptors (Lipinski definition) is 8. The van der Waals surface area contributed by atoms with E-state index in [1.54, 1.807) is 0 Å². The van der Waals surface area contributed by atoms with Gasteiger partial charge in [-0.3, -0.25) is 9.59 Å². The van der Waals surface area contributed by atoms with Gasteiger partial charge in [0.2, 0.25) is 0 Å². The van der Waals surface area contributed by atoms with Gasteiger partial charge in [0.1, 0.15) is 13.2 Å². The first-order valence-corrected chi connectivity index (χ1v) is 34.1. The third-order valence-corrected chi connectivity index (χ3v) is 14.9. The van der Waals surface area contributed by atoms with E-state index in [0.717, 1.165) is 83.5 Å². The van der Waals surface area contributed by atoms with E-state index in [1.165, 1.54) is 193 Å². The topological polar surface area (TPSA) is 111 Å². The van der Waals surface area contributed by atoms with Gasteiger partial charge in [0.15, 0.2) is 12.4 Å². The van der Waals surface area contributed by atoms with Gasteiger partial charge in [0.25, 0.3) is 0 Å². The minimum absolute atomic E-state index is 0.142. The van der Waals surface area contributed by atoms with E-state index < -0.39 is 24.3 Å². The third kappa shape index (κ3) is 64.1. The molecule has 0 aromatic carbocycles. The number of esters is 2. The van der Waals surface area contributed by atoms with Crippen molar-refractivity contribution in [1.29, 1.82) is 0 Å². The van der Waals surface area contributed by atoms with E-state index in [9.17, 15) is 19.5 Å². The molecule has 0 aliphatic rings. The predicted octanol–water partition coefficient (Wildman–Crippen LogP) is 19.6. The number of allylic oxidation sites excluding steroid dienone is 12. The zero-order valence-electron chi connectivity index (χ0n) is 53.7. The van der Waals surface area contributed by atoms with Crippen LogP contribution in [0.25, 0.3) is 0 Å². The van der Waals surface area contributed by atoms with Crippen LogP contribution >= 0.6 is 0 Å². The number of carboxylic acids is 1. The molecule has 0 radical (unpaired) electrons. The van der Waals surface area contributed by atoms with Crippen molar-refractivity contribution in [2.75, 3.05) is 47.5 Å². The number of likely N-dealkylation sites (N-methyl/N-ethyl adjacent to an activating group) is 1. The molecule has 0 aromatic heterocycles. The van der Waals surface area contributed by atoms with Crippen molar-refractivity contribution in [1.82, 2.24) is 0 Å². The minimum atomic E-state index is -1.63. The minimum Gasteiger partial charge on any atom is -0.545 e. The third-order valence-electron chi connectivity index (χ3n) is 14.9. The van der Waals surface area contributed by atoms with Gasteiger partial charge in [-0.1, -0.05) is 286 Å². The number of carbonyl (C=O) groups is 3. The largest absolute Gasteiger partial charge is 0.545 e. The van der Waals surface area contributed by atoms with Gasteiger partial charge in [-0.15, -0.1) is 0 Å². The normalized spacial score (nSPS) is 13.1.